The zero-order chi connectivity index (χ0) is 13.8. The number of hydrogen-bond donors (Lipinski definition) is 0. The highest BCUT2D eigenvalue weighted by atomic mass is 16.5. The first-order valence-corrected chi connectivity index (χ1v) is 7.11. The van der Waals surface area contributed by atoms with E-state index in [2.05, 4.69) is 6.92 Å². The second-order valence-corrected chi connectivity index (χ2v) is 6.80. The zero-order valence-electron chi connectivity index (χ0n) is 11.5. The number of fused-ring (bicyclic) bond motifs is 3. The summed E-state index contributed by atoms with van der Waals surface area (Å²) in [6.07, 6.45) is 4.09. The Morgan fingerprint density at radius 2 is 2.00 bits per heavy atom. The molecule has 4 heteroatoms. The maximum Gasteiger partial charge on any atom is 0.306 e. The van der Waals surface area contributed by atoms with Crippen molar-refractivity contribution in [2.75, 3.05) is 0 Å². The van der Waals surface area contributed by atoms with Crippen molar-refractivity contribution in [3.05, 3.63) is 0 Å². The van der Waals surface area contributed by atoms with E-state index < -0.39 is 5.41 Å². The number of carbonyl (C=O) groups is 3. The van der Waals surface area contributed by atoms with Crippen LogP contribution in [-0.2, 0) is 19.1 Å². The molecule has 3 rings (SSSR count). The van der Waals surface area contributed by atoms with E-state index >= 15 is 0 Å². The molecule has 3 fully saturated rings. The molecule has 0 aromatic rings. The molecule has 0 N–H and O–H groups in total. The molecule has 0 radical (unpaired) electrons. The van der Waals surface area contributed by atoms with Crippen LogP contribution in [0.4, 0.5) is 0 Å². The highest BCUT2D eigenvalue weighted by Gasteiger charge is 2.61. The molecule has 1 heterocycles. The fraction of sp³-hybridized carbons (Fsp3) is 0.800. The first kappa shape index (κ1) is 12.8. The monoisotopic (exact) mass is 264 g/mol. The van der Waals surface area contributed by atoms with Crippen molar-refractivity contribution >= 4 is 18.0 Å². The molecular formula is C15H20O4. The van der Waals surface area contributed by atoms with Gasteiger partial charge in [0.15, 0.2) is 0 Å². The predicted molar refractivity (Wildman–Crippen MR) is 67.2 cm³/mol. The van der Waals surface area contributed by atoms with Crippen LogP contribution in [0.3, 0.4) is 0 Å². The Bertz CT molecular complexity index is 457. The lowest BCUT2D eigenvalue weighted by atomic mass is 9.47. The number of aldehydes is 1. The van der Waals surface area contributed by atoms with E-state index in [1.54, 1.807) is 6.92 Å². The summed E-state index contributed by atoms with van der Waals surface area (Å²) in [5, 5.41) is 0. The van der Waals surface area contributed by atoms with Gasteiger partial charge in [0.25, 0.3) is 0 Å². The molecule has 5 atom stereocenters. The molecule has 0 spiro atoms. The summed E-state index contributed by atoms with van der Waals surface area (Å²) in [5.41, 5.74) is -0.998. The van der Waals surface area contributed by atoms with Crippen molar-refractivity contribution in [2.45, 2.75) is 52.1 Å². The number of hydrogen-bond acceptors (Lipinski definition) is 4. The van der Waals surface area contributed by atoms with E-state index in [4.69, 9.17) is 4.74 Å². The Kier molecular flexibility index (Phi) is 2.63. The number of rotatable bonds is 1. The quantitative estimate of drug-likeness (QED) is 0.412. The molecular weight excluding hydrogens is 244 g/mol. The second kappa shape index (κ2) is 3.90. The maximum atomic E-state index is 12.2. The standard InChI is InChI=1S/C15H20O4/c1-14-6-5-12(17)15(2,8-16)11(14)4-3-10-9(14)7-13(18)19-10/h8-11H,3-7H2,1-2H3/t9-,10+,11+,14+,15-/m0/s1. The lowest BCUT2D eigenvalue weighted by Gasteiger charge is -2.55. The number of carbonyl (C=O) groups excluding carboxylic acids is 3. The normalized spacial score (nSPS) is 49.3. The van der Waals surface area contributed by atoms with Crippen LogP contribution in [0.15, 0.2) is 0 Å². The average Bonchev–Trinajstić information content (AvgIpc) is 2.76. The predicted octanol–water partition coefficient (Wildman–Crippen LogP) is 1.90. The zero-order valence-corrected chi connectivity index (χ0v) is 11.5. The van der Waals surface area contributed by atoms with Crippen LogP contribution >= 0.6 is 0 Å². The van der Waals surface area contributed by atoms with Gasteiger partial charge in [0.05, 0.1) is 11.8 Å². The molecule has 0 aromatic heterocycles. The molecule has 0 unspecified atom stereocenters. The Hall–Kier alpha value is -1.19. The number of ether oxygens (including phenoxy) is 1. The minimum atomic E-state index is -0.871. The van der Waals surface area contributed by atoms with E-state index in [1.165, 1.54) is 0 Å². The van der Waals surface area contributed by atoms with Gasteiger partial charge >= 0.3 is 5.97 Å². The Morgan fingerprint density at radius 1 is 1.26 bits per heavy atom. The summed E-state index contributed by atoms with van der Waals surface area (Å²) in [7, 11) is 0. The van der Waals surface area contributed by atoms with Crippen LogP contribution in [-0.4, -0.2) is 24.1 Å². The molecule has 2 saturated carbocycles. The SMILES string of the molecule is C[C@]12CCC(=O)[C@@](C)(C=O)[C@@H]1CC[C@H]1OC(=O)C[C@@H]12. The van der Waals surface area contributed by atoms with Gasteiger partial charge in [0.1, 0.15) is 18.2 Å². The van der Waals surface area contributed by atoms with Crippen LogP contribution < -0.4 is 0 Å². The molecule has 104 valence electrons. The second-order valence-electron chi connectivity index (χ2n) is 6.80. The van der Waals surface area contributed by atoms with E-state index in [-0.39, 0.29) is 35.1 Å². The van der Waals surface area contributed by atoms with Gasteiger partial charge in [-0.25, -0.2) is 0 Å². The largest absolute Gasteiger partial charge is 0.462 e. The summed E-state index contributed by atoms with van der Waals surface area (Å²) in [6, 6.07) is 0. The number of Topliss-reactive ketones (excluding diaryl/α,β-unsaturated/α-hetero) is 1. The van der Waals surface area contributed by atoms with Crippen molar-refractivity contribution in [3.8, 4) is 0 Å². The molecule has 1 aliphatic heterocycles. The third-order valence-corrected chi connectivity index (χ3v) is 5.96. The fourth-order valence-electron chi connectivity index (χ4n) is 4.79. The van der Waals surface area contributed by atoms with Crippen LogP contribution in [0, 0.1) is 22.7 Å². The molecule has 19 heavy (non-hydrogen) atoms. The van der Waals surface area contributed by atoms with Gasteiger partial charge in [0, 0.05) is 12.3 Å². The third kappa shape index (κ3) is 1.55. The minimum Gasteiger partial charge on any atom is -0.462 e. The summed E-state index contributed by atoms with van der Waals surface area (Å²) in [6.45, 7) is 3.92. The average molecular weight is 264 g/mol. The molecule has 2 aliphatic carbocycles. The van der Waals surface area contributed by atoms with Crippen molar-refractivity contribution < 1.29 is 19.1 Å². The Labute approximate surface area is 112 Å². The minimum absolute atomic E-state index is 0.00199. The third-order valence-electron chi connectivity index (χ3n) is 5.96. The summed E-state index contributed by atoms with van der Waals surface area (Å²) >= 11 is 0. The first-order valence-electron chi connectivity index (χ1n) is 7.11. The highest BCUT2D eigenvalue weighted by molar-refractivity contribution is 5.99. The topological polar surface area (TPSA) is 60.4 Å². The highest BCUT2D eigenvalue weighted by Crippen LogP contribution is 2.60. The van der Waals surface area contributed by atoms with E-state index in [1.807, 2.05) is 0 Å². The molecule has 0 amide bonds. The van der Waals surface area contributed by atoms with Crippen LogP contribution in [0.25, 0.3) is 0 Å². The van der Waals surface area contributed by atoms with E-state index in [9.17, 15) is 14.4 Å². The lowest BCUT2D eigenvalue weighted by Crippen LogP contribution is -2.56. The number of esters is 1. The van der Waals surface area contributed by atoms with E-state index in [0.717, 1.165) is 25.5 Å². The Balaban J connectivity index is 2.01. The summed E-state index contributed by atoms with van der Waals surface area (Å²) in [4.78, 5) is 35.3. The van der Waals surface area contributed by atoms with Gasteiger partial charge in [-0.2, -0.15) is 0 Å². The van der Waals surface area contributed by atoms with Gasteiger partial charge in [-0.15, -0.1) is 0 Å². The van der Waals surface area contributed by atoms with Gasteiger partial charge in [0.2, 0.25) is 0 Å². The smallest absolute Gasteiger partial charge is 0.306 e. The van der Waals surface area contributed by atoms with Gasteiger partial charge < -0.3 is 9.53 Å². The van der Waals surface area contributed by atoms with Gasteiger partial charge in [-0.1, -0.05) is 6.92 Å². The summed E-state index contributed by atoms with van der Waals surface area (Å²) < 4.78 is 5.40. The molecule has 0 bridgehead atoms. The van der Waals surface area contributed by atoms with Crippen LogP contribution in [0.2, 0.25) is 0 Å². The van der Waals surface area contributed by atoms with Crippen LogP contribution in [0.5, 0.6) is 0 Å². The molecule has 1 saturated heterocycles. The maximum absolute atomic E-state index is 12.2. The van der Waals surface area contributed by atoms with Gasteiger partial charge in [-0.3, -0.25) is 9.59 Å². The van der Waals surface area contributed by atoms with E-state index in [0.29, 0.717) is 12.8 Å². The Morgan fingerprint density at radius 3 is 2.68 bits per heavy atom. The molecule has 0 aromatic carbocycles. The lowest BCUT2D eigenvalue weighted by molar-refractivity contribution is -0.160. The molecule has 3 aliphatic rings. The number of ketones is 1. The van der Waals surface area contributed by atoms with Crippen LogP contribution in [0.1, 0.15) is 46.0 Å². The van der Waals surface area contributed by atoms with Crippen molar-refractivity contribution in [1.29, 1.82) is 0 Å². The summed E-state index contributed by atoms with van der Waals surface area (Å²) in [5.74, 6) is 0.163. The van der Waals surface area contributed by atoms with Crippen molar-refractivity contribution in [3.63, 3.8) is 0 Å². The first-order chi connectivity index (χ1) is 8.91. The fourth-order valence-corrected chi connectivity index (χ4v) is 4.79. The van der Waals surface area contributed by atoms with Gasteiger partial charge in [-0.05, 0) is 37.5 Å². The van der Waals surface area contributed by atoms with Crippen molar-refractivity contribution in [2.24, 2.45) is 22.7 Å². The molecule has 4 nitrogen and oxygen atoms in total. The van der Waals surface area contributed by atoms with Crippen molar-refractivity contribution in [1.82, 2.24) is 0 Å².